The molecule has 0 saturated heterocycles. The van der Waals surface area contributed by atoms with Crippen molar-refractivity contribution in [1.29, 1.82) is 0 Å². The van der Waals surface area contributed by atoms with Gasteiger partial charge in [-0.25, -0.2) is 0 Å². The van der Waals surface area contributed by atoms with Crippen molar-refractivity contribution in [2.75, 3.05) is 13.7 Å². The first-order valence-corrected chi connectivity index (χ1v) is 5.41. The van der Waals surface area contributed by atoms with E-state index in [1.54, 1.807) is 0 Å². The summed E-state index contributed by atoms with van der Waals surface area (Å²) in [6.45, 7) is -0.249. The molecular weight excluding hydrogens is 297 g/mol. The molecule has 0 aliphatic heterocycles. The lowest BCUT2D eigenvalue weighted by molar-refractivity contribution is -0.138. The van der Waals surface area contributed by atoms with E-state index in [0.717, 1.165) is 0 Å². The molecular formula is C10H11BrFNO4. The first kappa shape index (κ1) is 13.7. The minimum atomic E-state index is -1.24. The molecule has 1 aromatic rings. The molecule has 1 unspecified atom stereocenters. The van der Waals surface area contributed by atoms with Crippen LogP contribution in [0.15, 0.2) is 10.5 Å². The molecule has 0 saturated carbocycles. The van der Waals surface area contributed by atoms with Gasteiger partial charge in [-0.1, -0.05) is 0 Å². The number of rotatable bonds is 4. The number of hydrogen-bond acceptors (Lipinski definition) is 4. The maximum atomic E-state index is 13.6. The molecule has 0 heterocycles. The third kappa shape index (κ3) is 2.50. The van der Waals surface area contributed by atoms with Gasteiger partial charge in [0.1, 0.15) is 0 Å². The monoisotopic (exact) mass is 307 g/mol. The lowest BCUT2D eigenvalue weighted by atomic mass is 9.98. The average Bonchev–Trinajstić information content (AvgIpc) is 2.26. The van der Waals surface area contributed by atoms with Crippen LogP contribution in [-0.2, 0) is 4.79 Å². The fraction of sp³-hybridized carbons (Fsp3) is 0.300. The van der Waals surface area contributed by atoms with Gasteiger partial charge < -0.3 is 20.7 Å². The summed E-state index contributed by atoms with van der Waals surface area (Å²) in [6.07, 6.45) is 0. The second-order valence-electron chi connectivity index (χ2n) is 3.27. The lowest BCUT2D eigenvalue weighted by Gasteiger charge is -2.15. The molecule has 4 N–H and O–H groups in total. The fourth-order valence-electron chi connectivity index (χ4n) is 1.42. The summed E-state index contributed by atoms with van der Waals surface area (Å²) in [4.78, 5) is 10.9. The van der Waals surface area contributed by atoms with Crippen LogP contribution in [0.5, 0.6) is 11.5 Å². The number of methoxy groups -OCH3 is 1. The van der Waals surface area contributed by atoms with E-state index in [2.05, 4.69) is 15.9 Å². The molecule has 0 aliphatic carbocycles. The van der Waals surface area contributed by atoms with Crippen molar-refractivity contribution < 1.29 is 24.1 Å². The third-order valence-electron chi connectivity index (χ3n) is 2.29. The number of phenols is 1. The number of halogens is 2. The Morgan fingerprint density at radius 2 is 2.29 bits per heavy atom. The van der Waals surface area contributed by atoms with Crippen LogP contribution < -0.4 is 10.5 Å². The van der Waals surface area contributed by atoms with E-state index < -0.39 is 23.5 Å². The van der Waals surface area contributed by atoms with Crippen LogP contribution >= 0.6 is 15.9 Å². The van der Waals surface area contributed by atoms with E-state index >= 15 is 0 Å². The predicted octanol–water partition coefficient (Wildman–Crippen LogP) is 1.43. The van der Waals surface area contributed by atoms with Gasteiger partial charge in [-0.05, 0) is 22.0 Å². The Hall–Kier alpha value is -1.34. The Balaban J connectivity index is 3.41. The van der Waals surface area contributed by atoms with E-state index in [-0.39, 0.29) is 22.3 Å². The molecule has 0 amide bonds. The standard InChI is InChI=1S/C10H11BrFNO4/c1-17-9-6(11)2-4(8(14)7(9)12)5(3-13)10(15)16/h2,5,14H,3,13H2,1H3,(H,15,16). The molecule has 1 aromatic carbocycles. The molecule has 17 heavy (non-hydrogen) atoms. The highest BCUT2D eigenvalue weighted by Crippen LogP contribution is 2.39. The summed E-state index contributed by atoms with van der Waals surface area (Å²) in [5, 5.41) is 18.5. The van der Waals surface area contributed by atoms with E-state index in [4.69, 9.17) is 15.6 Å². The van der Waals surface area contributed by atoms with Crippen molar-refractivity contribution in [2.45, 2.75) is 5.92 Å². The van der Waals surface area contributed by atoms with E-state index in [1.165, 1.54) is 13.2 Å². The number of carboxylic acids is 1. The summed E-state index contributed by atoms with van der Waals surface area (Å²) in [5.41, 5.74) is 5.19. The van der Waals surface area contributed by atoms with E-state index in [0.29, 0.717) is 0 Å². The Morgan fingerprint density at radius 3 is 2.71 bits per heavy atom. The Morgan fingerprint density at radius 1 is 1.71 bits per heavy atom. The molecule has 5 nitrogen and oxygen atoms in total. The zero-order chi connectivity index (χ0) is 13.2. The van der Waals surface area contributed by atoms with Gasteiger partial charge in [0.05, 0.1) is 17.5 Å². The van der Waals surface area contributed by atoms with Gasteiger partial charge in [0.2, 0.25) is 5.82 Å². The number of carboxylic acid groups (broad SMARTS) is 1. The summed E-state index contributed by atoms with van der Waals surface area (Å²) < 4.78 is 18.6. The van der Waals surface area contributed by atoms with Crippen molar-refractivity contribution >= 4 is 21.9 Å². The Bertz CT molecular complexity index is 452. The lowest BCUT2D eigenvalue weighted by Crippen LogP contribution is -2.21. The molecule has 0 radical (unpaired) electrons. The maximum Gasteiger partial charge on any atom is 0.312 e. The predicted molar refractivity (Wildman–Crippen MR) is 61.7 cm³/mol. The van der Waals surface area contributed by atoms with E-state index in [1.807, 2.05) is 0 Å². The van der Waals surface area contributed by atoms with Crippen molar-refractivity contribution in [3.05, 3.63) is 21.9 Å². The minimum Gasteiger partial charge on any atom is -0.505 e. The number of ether oxygens (including phenoxy) is 1. The van der Waals surface area contributed by atoms with Gasteiger partial charge in [0.25, 0.3) is 0 Å². The molecule has 7 heteroatoms. The SMILES string of the molecule is COc1c(Br)cc(C(CN)C(=O)O)c(O)c1F. The van der Waals surface area contributed by atoms with Gasteiger partial charge in [0, 0.05) is 12.1 Å². The number of nitrogens with two attached hydrogens (primary N) is 1. The second kappa shape index (κ2) is 5.33. The van der Waals surface area contributed by atoms with Crippen molar-refractivity contribution in [2.24, 2.45) is 5.73 Å². The minimum absolute atomic E-state index is 0.0924. The summed E-state index contributed by atoms with van der Waals surface area (Å²) >= 11 is 3.03. The number of aliphatic carboxylic acids is 1. The van der Waals surface area contributed by atoms with Crippen LogP contribution in [0, 0.1) is 5.82 Å². The fourth-order valence-corrected chi connectivity index (χ4v) is 2.01. The summed E-state index contributed by atoms with van der Waals surface area (Å²) in [6, 6.07) is 1.28. The van der Waals surface area contributed by atoms with E-state index in [9.17, 15) is 14.3 Å². The maximum absolute atomic E-state index is 13.6. The number of carbonyl (C=O) groups is 1. The third-order valence-corrected chi connectivity index (χ3v) is 2.88. The van der Waals surface area contributed by atoms with Crippen LogP contribution in [0.2, 0.25) is 0 Å². The van der Waals surface area contributed by atoms with Gasteiger partial charge >= 0.3 is 5.97 Å². The molecule has 94 valence electrons. The van der Waals surface area contributed by atoms with Crippen LogP contribution in [0.4, 0.5) is 4.39 Å². The van der Waals surface area contributed by atoms with Crippen LogP contribution in [0.1, 0.15) is 11.5 Å². The van der Waals surface area contributed by atoms with Crippen LogP contribution in [0.3, 0.4) is 0 Å². The Kier molecular flexibility index (Phi) is 4.30. The average molecular weight is 308 g/mol. The van der Waals surface area contributed by atoms with Gasteiger partial charge in [0.15, 0.2) is 11.5 Å². The molecule has 0 bridgehead atoms. The highest BCUT2D eigenvalue weighted by molar-refractivity contribution is 9.10. The molecule has 0 aliphatic rings. The van der Waals surface area contributed by atoms with Gasteiger partial charge in [-0.3, -0.25) is 4.79 Å². The molecule has 0 fully saturated rings. The molecule has 0 spiro atoms. The van der Waals surface area contributed by atoms with Crippen LogP contribution in [-0.4, -0.2) is 29.8 Å². The van der Waals surface area contributed by atoms with Gasteiger partial charge in [-0.2, -0.15) is 4.39 Å². The number of phenolic OH excluding ortho intramolecular Hbond substituents is 1. The highest BCUT2D eigenvalue weighted by Gasteiger charge is 2.26. The number of hydrogen-bond donors (Lipinski definition) is 3. The van der Waals surface area contributed by atoms with Crippen LogP contribution in [0.25, 0.3) is 0 Å². The smallest absolute Gasteiger partial charge is 0.312 e. The van der Waals surface area contributed by atoms with Crippen molar-refractivity contribution in [1.82, 2.24) is 0 Å². The van der Waals surface area contributed by atoms with Gasteiger partial charge in [-0.15, -0.1) is 0 Å². The highest BCUT2D eigenvalue weighted by atomic mass is 79.9. The molecule has 1 atom stereocenters. The number of aromatic hydroxyl groups is 1. The quantitative estimate of drug-likeness (QED) is 0.782. The van der Waals surface area contributed by atoms with Crippen molar-refractivity contribution in [3.63, 3.8) is 0 Å². The number of benzene rings is 1. The Labute approximate surface area is 105 Å². The first-order valence-electron chi connectivity index (χ1n) is 4.61. The zero-order valence-electron chi connectivity index (χ0n) is 8.91. The first-order chi connectivity index (χ1) is 7.93. The second-order valence-corrected chi connectivity index (χ2v) is 4.12. The summed E-state index contributed by atoms with van der Waals surface area (Å²) in [7, 11) is 1.24. The normalized spacial score (nSPS) is 12.2. The molecule has 1 rings (SSSR count). The zero-order valence-corrected chi connectivity index (χ0v) is 10.5. The largest absolute Gasteiger partial charge is 0.505 e. The molecule has 0 aromatic heterocycles. The summed E-state index contributed by atoms with van der Waals surface area (Å²) in [5.74, 6) is -4.38. The topological polar surface area (TPSA) is 92.8 Å². The van der Waals surface area contributed by atoms with Crippen molar-refractivity contribution in [3.8, 4) is 11.5 Å².